The molecule has 0 radical (unpaired) electrons. The number of ether oxygens (including phenoxy) is 1. The van der Waals surface area contributed by atoms with E-state index in [-0.39, 0.29) is 29.2 Å². The topological polar surface area (TPSA) is 138 Å². The van der Waals surface area contributed by atoms with Gasteiger partial charge in [0.2, 0.25) is 10.0 Å². The minimum Gasteiger partial charge on any atom is -0.466 e. The van der Waals surface area contributed by atoms with Crippen molar-refractivity contribution >= 4 is 38.8 Å². The summed E-state index contributed by atoms with van der Waals surface area (Å²) in [4.78, 5) is 44.4. The number of hydrogen-bond acceptors (Lipinski definition) is 7. The van der Waals surface area contributed by atoms with Gasteiger partial charge >= 0.3 is 12.0 Å². The molecule has 2 N–H and O–H groups in total. The van der Waals surface area contributed by atoms with Crippen LogP contribution in [0, 0.1) is 0 Å². The zero-order valence-electron chi connectivity index (χ0n) is 21.8. The van der Waals surface area contributed by atoms with Gasteiger partial charge in [0.1, 0.15) is 4.90 Å². The normalized spacial score (nSPS) is 17.6. The molecule has 0 saturated carbocycles. The number of sulfonamides is 1. The van der Waals surface area contributed by atoms with Crippen LogP contribution in [0.2, 0.25) is 0 Å². The summed E-state index contributed by atoms with van der Waals surface area (Å²) < 4.78 is 33.7. The Morgan fingerprint density at radius 2 is 1.82 bits per heavy atom. The SMILES string of the molecule is CCOC(=O)CCCNC(=O)N1CCN(C(=O)C2=CCC(NS(=O)(=O)c3cccc4cccnc34)C=C2)CC1. The molecule has 1 aromatic carbocycles. The van der Waals surface area contributed by atoms with Gasteiger partial charge in [-0.2, -0.15) is 0 Å². The predicted octanol–water partition coefficient (Wildman–Crippen LogP) is 1.97. The van der Waals surface area contributed by atoms with E-state index in [2.05, 4.69) is 15.0 Å². The number of piperazine rings is 1. The van der Waals surface area contributed by atoms with Gasteiger partial charge in [-0.1, -0.05) is 36.4 Å². The Kier molecular flexibility index (Phi) is 9.31. The lowest BCUT2D eigenvalue weighted by Gasteiger charge is -2.35. The molecule has 2 aromatic rings. The van der Waals surface area contributed by atoms with Crippen LogP contribution < -0.4 is 10.0 Å². The van der Waals surface area contributed by atoms with Gasteiger partial charge in [0.15, 0.2) is 0 Å². The number of urea groups is 1. The van der Waals surface area contributed by atoms with Gasteiger partial charge in [0.05, 0.1) is 12.1 Å². The minimum atomic E-state index is -3.83. The number of pyridine rings is 1. The smallest absolute Gasteiger partial charge is 0.317 e. The van der Waals surface area contributed by atoms with Crippen molar-refractivity contribution in [2.45, 2.75) is 37.1 Å². The van der Waals surface area contributed by atoms with E-state index in [0.29, 0.717) is 63.3 Å². The molecule has 11 nitrogen and oxygen atoms in total. The fraction of sp³-hybridized carbons (Fsp3) is 0.407. The van der Waals surface area contributed by atoms with Crippen molar-refractivity contribution in [1.29, 1.82) is 0 Å². The molecule has 2 aliphatic rings. The highest BCUT2D eigenvalue weighted by Crippen LogP contribution is 2.22. The molecule has 0 bridgehead atoms. The number of para-hydroxylation sites is 1. The number of rotatable bonds is 9. The van der Waals surface area contributed by atoms with E-state index in [1.165, 1.54) is 6.07 Å². The maximum Gasteiger partial charge on any atom is 0.317 e. The van der Waals surface area contributed by atoms with Crippen LogP contribution in [-0.2, 0) is 24.3 Å². The number of amides is 3. The summed E-state index contributed by atoms with van der Waals surface area (Å²) in [5, 5.41) is 3.53. The summed E-state index contributed by atoms with van der Waals surface area (Å²) in [5.41, 5.74) is 0.900. The van der Waals surface area contributed by atoms with Crippen LogP contribution in [0.4, 0.5) is 4.79 Å². The number of esters is 1. The Balaban J connectivity index is 1.24. The van der Waals surface area contributed by atoms with E-state index >= 15 is 0 Å². The second-order valence-corrected chi connectivity index (χ2v) is 10.9. The number of hydrogen-bond donors (Lipinski definition) is 2. The largest absolute Gasteiger partial charge is 0.466 e. The zero-order valence-corrected chi connectivity index (χ0v) is 22.7. The van der Waals surface area contributed by atoms with Gasteiger partial charge in [-0.3, -0.25) is 14.6 Å². The molecule has 208 valence electrons. The Labute approximate surface area is 227 Å². The number of nitrogens with zero attached hydrogens (tertiary/aromatic N) is 3. The quantitative estimate of drug-likeness (QED) is 0.356. The van der Waals surface area contributed by atoms with Gasteiger partial charge < -0.3 is 19.9 Å². The van der Waals surface area contributed by atoms with Crippen LogP contribution in [0.1, 0.15) is 26.2 Å². The molecule has 1 aromatic heterocycles. The lowest BCUT2D eigenvalue weighted by Crippen LogP contribution is -2.53. The van der Waals surface area contributed by atoms with Crippen molar-refractivity contribution in [1.82, 2.24) is 24.8 Å². The van der Waals surface area contributed by atoms with Crippen LogP contribution in [0.3, 0.4) is 0 Å². The first-order valence-electron chi connectivity index (χ1n) is 13.0. The lowest BCUT2D eigenvalue weighted by molar-refractivity contribution is -0.143. The van der Waals surface area contributed by atoms with Crippen LogP contribution in [0.25, 0.3) is 10.9 Å². The molecule has 1 saturated heterocycles. The van der Waals surface area contributed by atoms with Crippen molar-refractivity contribution in [3.05, 3.63) is 60.3 Å². The highest BCUT2D eigenvalue weighted by Gasteiger charge is 2.27. The van der Waals surface area contributed by atoms with E-state index in [0.717, 1.165) is 5.39 Å². The van der Waals surface area contributed by atoms with Crippen LogP contribution in [0.15, 0.2) is 65.2 Å². The fourth-order valence-electron chi connectivity index (χ4n) is 4.49. The summed E-state index contributed by atoms with van der Waals surface area (Å²) in [6.07, 6.45) is 7.71. The van der Waals surface area contributed by atoms with E-state index < -0.39 is 16.1 Å². The summed E-state index contributed by atoms with van der Waals surface area (Å²) in [5.74, 6) is -0.434. The zero-order chi connectivity index (χ0) is 27.8. The van der Waals surface area contributed by atoms with Gasteiger partial charge in [-0.25, -0.2) is 17.9 Å². The maximum atomic E-state index is 13.1. The first-order chi connectivity index (χ1) is 18.8. The monoisotopic (exact) mass is 555 g/mol. The molecule has 39 heavy (non-hydrogen) atoms. The van der Waals surface area contributed by atoms with Crippen molar-refractivity contribution in [3.63, 3.8) is 0 Å². The highest BCUT2D eigenvalue weighted by molar-refractivity contribution is 7.89. The van der Waals surface area contributed by atoms with Crippen LogP contribution in [-0.4, -0.2) is 86.5 Å². The van der Waals surface area contributed by atoms with Gasteiger partial charge in [-0.15, -0.1) is 0 Å². The highest BCUT2D eigenvalue weighted by atomic mass is 32.2. The average molecular weight is 556 g/mol. The second kappa shape index (κ2) is 12.9. The third-order valence-electron chi connectivity index (χ3n) is 6.53. The first kappa shape index (κ1) is 28.2. The molecule has 1 atom stereocenters. The number of carbonyl (C=O) groups excluding carboxylic acids is 3. The summed E-state index contributed by atoms with van der Waals surface area (Å²) in [6.45, 7) is 4.04. The molecule has 2 heterocycles. The van der Waals surface area contributed by atoms with Crippen LogP contribution in [0.5, 0.6) is 0 Å². The Morgan fingerprint density at radius 1 is 1.08 bits per heavy atom. The molecular weight excluding hydrogens is 522 g/mol. The lowest BCUT2D eigenvalue weighted by atomic mass is 10.0. The number of aromatic nitrogens is 1. The van der Waals surface area contributed by atoms with Crippen molar-refractivity contribution in [2.24, 2.45) is 0 Å². The second-order valence-electron chi connectivity index (χ2n) is 9.23. The Morgan fingerprint density at radius 3 is 2.54 bits per heavy atom. The fourth-order valence-corrected chi connectivity index (χ4v) is 5.87. The molecule has 12 heteroatoms. The Bertz CT molecular complexity index is 1380. The first-order valence-corrected chi connectivity index (χ1v) is 14.5. The van der Waals surface area contributed by atoms with E-state index in [4.69, 9.17) is 4.74 Å². The molecule has 4 rings (SSSR count). The molecule has 3 amide bonds. The molecule has 1 unspecified atom stereocenters. The number of fused-ring (bicyclic) bond motifs is 1. The molecule has 1 aliphatic carbocycles. The van der Waals surface area contributed by atoms with Crippen molar-refractivity contribution in [2.75, 3.05) is 39.3 Å². The molecule has 1 fully saturated rings. The number of benzene rings is 1. The van der Waals surface area contributed by atoms with Crippen molar-refractivity contribution < 1.29 is 27.5 Å². The van der Waals surface area contributed by atoms with Crippen LogP contribution >= 0.6 is 0 Å². The number of nitrogens with one attached hydrogen (secondary N) is 2. The summed E-state index contributed by atoms with van der Waals surface area (Å²) in [6, 6.07) is 7.87. The van der Waals surface area contributed by atoms with Gasteiger partial charge in [0.25, 0.3) is 5.91 Å². The predicted molar refractivity (Wildman–Crippen MR) is 145 cm³/mol. The van der Waals surface area contributed by atoms with E-state index in [1.54, 1.807) is 53.3 Å². The number of carbonyl (C=O) groups is 3. The minimum absolute atomic E-state index is 0.112. The van der Waals surface area contributed by atoms with Crippen molar-refractivity contribution in [3.8, 4) is 0 Å². The van der Waals surface area contributed by atoms with E-state index in [9.17, 15) is 22.8 Å². The third-order valence-corrected chi connectivity index (χ3v) is 8.05. The van der Waals surface area contributed by atoms with Gasteiger partial charge in [-0.05, 0) is 31.9 Å². The van der Waals surface area contributed by atoms with Gasteiger partial charge in [0, 0.05) is 62.3 Å². The standard InChI is InChI=1S/C27H33N5O6S/c1-2-38-24(33)9-5-15-29-27(35)32-18-16-31(17-19-32)26(34)21-10-12-22(13-11-21)30-39(36,37)23-8-3-6-20-7-4-14-28-25(20)23/h3-4,6-8,10-12,14,22,30H,2,5,9,13,15-19H2,1H3,(H,29,35). The molecule has 0 spiro atoms. The Hall–Kier alpha value is -3.77. The molecule has 1 aliphatic heterocycles. The average Bonchev–Trinajstić information content (AvgIpc) is 2.95. The maximum absolute atomic E-state index is 13.1. The summed E-state index contributed by atoms with van der Waals surface area (Å²) in [7, 11) is -3.83. The molecular formula is C27H33N5O6S. The third kappa shape index (κ3) is 7.21. The summed E-state index contributed by atoms with van der Waals surface area (Å²) >= 11 is 0. The van der Waals surface area contributed by atoms with E-state index in [1.807, 2.05) is 12.1 Å².